The molecule has 0 bridgehead atoms. The number of rotatable bonds is 4. The van der Waals surface area contributed by atoms with Crippen LogP contribution in [-0.4, -0.2) is 6.54 Å². The Hall–Kier alpha value is -0.0500. The molecule has 1 heterocycles. The van der Waals surface area contributed by atoms with Crippen molar-refractivity contribution in [2.75, 3.05) is 6.54 Å². The van der Waals surface area contributed by atoms with Gasteiger partial charge in [-0.3, -0.25) is 0 Å². The quantitative estimate of drug-likeness (QED) is 0.838. The zero-order chi connectivity index (χ0) is 11.5. The molecule has 3 atom stereocenters. The number of hydrogen-bond donors (Lipinski definition) is 1. The third-order valence-electron chi connectivity index (χ3n) is 3.56. The van der Waals surface area contributed by atoms with Crippen molar-refractivity contribution in [2.45, 2.75) is 39.2 Å². The molecule has 3 heteroatoms. The Labute approximate surface area is 107 Å². The van der Waals surface area contributed by atoms with Crippen LogP contribution in [-0.2, 0) is 0 Å². The first-order valence-electron chi connectivity index (χ1n) is 6.18. The summed E-state index contributed by atoms with van der Waals surface area (Å²) in [5, 5.41) is 6.65. The number of hydrogen-bond acceptors (Lipinski definition) is 2. The SMILES string of the molecule is CCNC(c1sccc1Cl)C1CCC(C)C1. The lowest BCUT2D eigenvalue weighted by molar-refractivity contribution is 0.370. The Balaban J connectivity index is 2.14. The molecule has 1 aliphatic carbocycles. The number of nitrogens with one attached hydrogen (secondary N) is 1. The van der Waals surface area contributed by atoms with Crippen molar-refractivity contribution in [2.24, 2.45) is 11.8 Å². The lowest BCUT2D eigenvalue weighted by Gasteiger charge is -2.24. The molecule has 1 nitrogen and oxygen atoms in total. The largest absolute Gasteiger partial charge is 0.309 e. The van der Waals surface area contributed by atoms with Crippen molar-refractivity contribution in [3.63, 3.8) is 0 Å². The van der Waals surface area contributed by atoms with Gasteiger partial charge in [0.05, 0.1) is 5.02 Å². The van der Waals surface area contributed by atoms with Gasteiger partial charge in [0.1, 0.15) is 0 Å². The first-order chi connectivity index (χ1) is 7.72. The minimum atomic E-state index is 0.474. The summed E-state index contributed by atoms with van der Waals surface area (Å²) >= 11 is 8.05. The van der Waals surface area contributed by atoms with E-state index in [2.05, 4.69) is 24.5 Å². The van der Waals surface area contributed by atoms with E-state index in [4.69, 9.17) is 11.6 Å². The molecule has 2 rings (SSSR count). The van der Waals surface area contributed by atoms with Crippen LogP contribution in [0, 0.1) is 11.8 Å². The summed E-state index contributed by atoms with van der Waals surface area (Å²) in [5.74, 6) is 1.65. The lowest BCUT2D eigenvalue weighted by Crippen LogP contribution is -2.26. The summed E-state index contributed by atoms with van der Waals surface area (Å²) < 4.78 is 0. The molecule has 0 aromatic carbocycles. The van der Waals surface area contributed by atoms with Gasteiger partial charge in [0.2, 0.25) is 0 Å². The van der Waals surface area contributed by atoms with E-state index in [0.29, 0.717) is 6.04 Å². The van der Waals surface area contributed by atoms with Crippen molar-refractivity contribution in [1.82, 2.24) is 5.32 Å². The van der Waals surface area contributed by atoms with Gasteiger partial charge in [-0.25, -0.2) is 0 Å². The van der Waals surface area contributed by atoms with Crippen molar-refractivity contribution in [3.05, 3.63) is 21.3 Å². The standard InChI is InChI=1S/C13H20ClNS/c1-3-15-12(10-5-4-9(2)8-10)13-11(14)6-7-16-13/h6-7,9-10,12,15H,3-5,8H2,1-2H3. The second-order valence-corrected chi connectivity index (χ2v) is 6.20. The third-order valence-corrected chi connectivity index (χ3v) is 5.00. The lowest BCUT2D eigenvalue weighted by atomic mass is 9.95. The molecular formula is C13H20ClNS. The van der Waals surface area contributed by atoms with E-state index in [0.717, 1.165) is 23.4 Å². The van der Waals surface area contributed by atoms with Crippen LogP contribution in [0.25, 0.3) is 0 Å². The Morgan fingerprint density at radius 3 is 2.88 bits per heavy atom. The van der Waals surface area contributed by atoms with Gasteiger partial charge in [0, 0.05) is 10.9 Å². The fourth-order valence-corrected chi connectivity index (χ4v) is 4.12. The van der Waals surface area contributed by atoms with E-state index in [1.54, 1.807) is 11.3 Å². The first kappa shape index (κ1) is 12.4. The Bertz CT molecular complexity index is 336. The highest BCUT2D eigenvalue weighted by Gasteiger charge is 2.30. The molecular weight excluding hydrogens is 238 g/mol. The Morgan fingerprint density at radius 2 is 2.38 bits per heavy atom. The van der Waals surface area contributed by atoms with Crippen LogP contribution in [0.3, 0.4) is 0 Å². The molecule has 1 saturated carbocycles. The molecule has 0 radical (unpaired) electrons. The second-order valence-electron chi connectivity index (χ2n) is 4.85. The van der Waals surface area contributed by atoms with Crippen molar-refractivity contribution >= 4 is 22.9 Å². The Kier molecular flexibility index (Phi) is 4.28. The molecule has 1 fully saturated rings. The van der Waals surface area contributed by atoms with Gasteiger partial charge in [-0.1, -0.05) is 31.9 Å². The maximum atomic E-state index is 6.26. The summed E-state index contributed by atoms with van der Waals surface area (Å²) in [6, 6.07) is 2.49. The summed E-state index contributed by atoms with van der Waals surface area (Å²) in [4.78, 5) is 1.34. The maximum absolute atomic E-state index is 6.26. The smallest absolute Gasteiger partial charge is 0.0561 e. The van der Waals surface area contributed by atoms with Crippen LogP contribution in [0.4, 0.5) is 0 Å². The second kappa shape index (κ2) is 5.52. The Morgan fingerprint density at radius 1 is 1.56 bits per heavy atom. The van der Waals surface area contributed by atoms with Crippen LogP contribution in [0.1, 0.15) is 44.0 Å². The van der Waals surface area contributed by atoms with Gasteiger partial charge >= 0.3 is 0 Å². The van der Waals surface area contributed by atoms with Gasteiger partial charge in [0.25, 0.3) is 0 Å². The van der Waals surface area contributed by atoms with Gasteiger partial charge in [0.15, 0.2) is 0 Å². The van der Waals surface area contributed by atoms with E-state index in [9.17, 15) is 0 Å². The molecule has 90 valence electrons. The normalized spacial score (nSPS) is 27.2. The summed E-state index contributed by atoms with van der Waals surface area (Å²) in [5.41, 5.74) is 0. The highest BCUT2D eigenvalue weighted by molar-refractivity contribution is 7.10. The molecule has 0 saturated heterocycles. The van der Waals surface area contributed by atoms with E-state index >= 15 is 0 Å². The highest BCUT2D eigenvalue weighted by Crippen LogP contribution is 2.42. The minimum absolute atomic E-state index is 0.474. The predicted octanol–water partition coefficient (Wildman–Crippen LogP) is 4.49. The minimum Gasteiger partial charge on any atom is -0.309 e. The average molecular weight is 258 g/mol. The third kappa shape index (κ3) is 2.61. The van der Waals surface area contributed by atoms with Crippen molar-refractivity contribution < 1.29 is 0 Å². The molecule has 1 N–H and O–H groups in total. The van der Waals surface area contributed by atoms with E-state index in [1.807, 2.05) is 6.07 Å². The monoisotopic (exact) mass is 257 g/mol. The average Bonchev–Trinajstić information content (AvgIpc) is 2.84. The van der Waals surface area contributed by atoms with Crippen molar-refractivity contribution in [3.8, 4) is 0 Å². The number of thiophene rings is 1. The number of halogens is 1. The summed E-state index contributed by atoms with van der Waals surface area (Å²) in [7, 11) is 0. The summed E-state index contributed by atoms with van der Waals surface area (Å²) in [6.45, 7) is 5.55. The molecule has 3 unspecified atom stereocenters. The fourth-order valence-electron chi connectivity index (χ4n) is 2.77. The molecule has 1 aromatic heterocycles. The molecule has 0 amide bonds. The molecule has 0 aliphatic heterocycles. The van der Waals surface area contributed by atoms with E-state index < -0.39 is 0 Å². The first-order valence-corrected chi connectivity index (χ1v) is 7.44. The van der Waals surface area contributed by atoms with Gasteiger partial charge < -0.3 is 5.32 Å². The van der Waals surface area contributed by atoms with E-state index in [1.165, 1.54) is 24.1 Å². The van der Waals surface area contributed by atoms with Gasteiger partial charge in [-0.05, 0) is 42.7 Å². The maximum Gasteiger partial charge on any atom is 0.0561 e. The van der Waals surface area contributed by atoms with Crippen LogP contribution in [0.2, 0.25) is 5.02 Å². The van der Waals surface area contributed by atoms with Crippen LogP contribution < -0.4 is 5.32 Å². The van der Waals surface area contributed by atoms with Crippen molar-refractivity contribution in [1.29, 1.82) is 0 Å². The van der Waals surface area contributed by atoms with Crippen LogP contribution in [0.15, 0.2) is 11.4 Å². The van der Waals surface area contributed by atoms with Crippen LogP contribution >= 0.6 is 22.9 Å². The topological polar surface area (TPSA) is 12.0 Å². The molecule has 0 spiro atoms. The zero-order valence-corrected chi connectivity index (χ0v) is 11.6. The molecule has 1 aliphatic rings. The van der Waals surface area contributed by atoms with Crippen LogP contribution in [0.5, 0.6) is 0 Å². The summed E-state index contributed by atoms with van der Waals surface area (Å²) in [6.07, 6.45) is 4.05. The molecule has 16 heavy (non-hydrogen) atoms. The van der Waals surface area contributed by atoms with Gasteiger partial charge in [-0.15, -0.1) is 11.3 Å². The molecule has 1 aromatic rings. The van der Waals surface area contributed by atoms with Gasteiger partial charge in [-0.2, -0.15) is 0 Å². The van der Waals surface area contributed by atoms with E-state index in [-0.39, 0.29) is 0 Å². The zero-order valence-electron chi connectivity index (χ0n) is 10.0. The predicted molar refractivity (Wildman–Crippen MR) is 72.3 cm³/mol. The fraction of sp³-hybridized carbons (Fsp3) is 0.692. The highest BCUT2D eigenvalue weighted by atomic mass is 35.5.